The average Bonchev–Trinajstić information content (AvgIpc) is 3.05. The van der Waals surface area contributed by atoms with Crippen LogP contribution >= 0.6 is 12.6 Å². The molecule has 1 aliphatic heterocycles. The predicted molar refractivity (Wildman–Crippen MR) is 110 cm³/mol. The second-order valence-electron chi connectivity index (χ2n) is 7.17. The summed E-state index contributed by atoms with van der Waals surface area (Å²) in [6.45, 7) is 8.69. The lowest BCUT2D eigenvalue weighted by atomic mass is 9.98. The van der Waals surface area contributed by atoms with E-state index < -0.39 is 6.04 Å². The molecule has 0 spiro atoms. The van der Waals surface area contributed by atoms with Gasteiger partial charge in [0.05, 0.1) is 12.6 Å². The van der Waals surface area contributed by atoms with Gasteiger partial charge in [0, 0.05) is 36.5 Å². The van der Waals surface area contributed by atoms with Gasteiger partial charge in [-0.3, -0.25) is 4.79 Å². The Kier molecular flexibility index (Phi) is 8.25. The van der Waals surface area contributed by atoms with Gasteiger partial charge in [-0.15, -0.1) is 0 Å². The van der Waals surface area contributed by atoms with Gasteiger partial charge in [-0.1, -0.05) is 38.5 Å². The van der Waals surface area contributed by atoms with Gasteiger partial charge in [0.15, 0.2) is 0 Å². The van der Waals surface area contributed by atoms with Gasteiger partial charge in [0.25, 0.3) is 0 Å². The third-order valence-electron chi connectivity index (χ3n) is 5.13. The highest BCUT2D eigenvalue weighted by molar-refractivity contribution is 7.81. The second kappa shape index (κ2) is 10.2. The van der Waals surface area contributed by atoms with E-state index in [1.54, 1.807) is 0 Å². The van der Waals surface area contributed by atoms with E-state index in [0.29, 0.717) is 24.9 Å². The summed E-state index contributed by atoms with van der Waals surface area (Å²) in [5, 5.41) is 3.80. The molecule has 0 bridgehead atoms. The number of amides is 1. The molecule has 1 fully saturated rings. The molecule has 4 atom stereocenters. The van der Waals surface area contributed by atoms with Gasteiger partial charge >= 0.3 is 0 Å². The molecule has 0 radical (unpaired) electrons. The van der Waals surface area contributed by atoms with Gasteiger partial charge < -0.3 is 20.7 Å². The van der Waals surface area contributed by atoms with E-state index in [1.165, 1.54) is 0 Å². The first-order valence-corrected chi connectivity index (χ1v) is 10.1. The molecule has 26 heavy (non-hydrogen) atoms. The van der Waals surface area contributed by atoms with Gasteiger partial charge in [0.1, 0.15) is 5.75 Å². The van der Waals surface area contributed by atoms with Gasteiger partial charge in [0.2, 0.25) is 5.91 Å². The van der Waals surface area contributed by atoms with Crippen molar-refractivity contribution in [2.24, 2.45) is 11.7 Å². The normalized spacial score (nSPS) is 22.0. The third kappa shape index (κ3) is 5.63. The summed E-state index contributed by atoms with van der Waals surface area (Å²) in [6, 6.07) is 7.68. The molecule has 1 saturated heterocycles. The highest BCUT2D eigenvalue weighted by atomic mass is 32.1. The number of ether oxygens (including phenoxy) is 1. The highest BCUT2D eigenvalue weighted by Crippen LogP contribution is 2.22. The molecule has 1 aromatic rings. The predicted octanol–water partition coefficient (Wildman–Crippen LogP) is 2.45. The number of nitrogens with two attached hydrogens (primary N) is 1. The summed E-state index contributed by atoms with van der Waals surface area (Å²) in [5.74, 6) is 0.993. The molecular formula is C20H33N3O2S. The lowest BCUT2D eigenvalue weighted by Gasteiger charge is -2.31. The summed E-state index contributed by atoms with van der Waals surface area (Å²) in [6.07, 6.45) is 1.84. The number of rotatable bonds is 9. The molecule has 0 aromatic heterocycles. The summed E-state index contributed by atoms with van der Waals surface area (Å²) in [5.41, 5.74) is 7.28. The van der Waals surface area contributed by atoms with Crippen LogP contribution in [0.15, 0.2) is 24.3 Å². The molecule has 0 saturated carbocycles. The smallest absolute Gasteiger partial charge is 0.240 e. The topological polar surface area (TPSA) is 67.6 Å². The van der Waals surface area contributed by atoms with Gasteiger partial charge in [-0.25, -0.2) is 0 Å². The van der Waals surface area contributed by atoms with Crippen LogP contribution in [-0.4, -0.2) is 47.8 Å². The number of thiol groups is 1. The minimum atomic E-state index is -0.479. The van der Waals surface area contributed by atoms with Crippen LogP contribution in [0.25, 0.3) is 0 Å². The van der Waals surface area contributed by atoms with Crippen molar-refractivity contribution in [1.29, 1.82) is 0 Å². The van der Waals surface area contributed by atoms with Crippen LogP contribution in [0.3, 0.4) is 0 Å². The summed E-state index contributed by atoms with van der Waals surface area (Å²) >= 11 is 4.55. The maximum Gasteiger partial charge on any atom is 0.240 e. The molecule has 1 amide bonds. The number of para-hydroxylation sites is 1. The van der Waals surface area contributed by atoms with E-state index in [0.717, 1.165) is 30.7 Å². The molecule has 1 aliphatic rings. The van der Waals surface area contributed by atoms with Crippen LogP contribution in [0.2, 0.25) is 0 Å². The van der Waals surface area contributed by atoms with Crippen LogP contribution in [0, 0.1) is 5.92 Å². The largest absolute Gasteiger partial charge is 0.494 e. The minimum Gasteiger partial charge on any atom is -0.494 e. The molecule has 1 heterocycles. The summed E-state index contributed by atoms with van der Waals surface area (Å²) < 4.78 is 5.74. The molecule has 146 valence electrons. The molecular weight excluding hydrogens is 346 g/mol. The van der Waals surface area contributed by atoms with E-state index >= 15 is 0 Å². The fourth-order valence-electron chi connectivity index (χ4n) is 3.28. The van der Waals surface area contributed by atoms with Crippen molar-refractivity contribution in [1.82, 2.24) is 10.2 Å². The Labute approximate surface area is 163 Å². The Hall–Kier alpha value is -1.24. The summed E-state index contributed by atoms with van der Waals surface area (Å²) in [7, 11) is 0. The molecule has 1 aromatic carbocycles. The van der Waals surface area contributed by atoms with Crippen molar-refractivity contribution >= 4 is 18.5 Å². The molecule has 6 heteroatoms. The first-order valence-electron chi connectivity index (χ1n) is 9.62. The van der Waals surface area contributed by atoms with Crippen LogP contribution in [0.4, 0.5) is 0 Å². The van der Waals surface area contributed by atoms with Gasteiger partial charge in [-0.05, 0) is 25.3 Å². The molecule has 3 N–H and O–H groups in total. The number of hydrogen-bond donors (Lipinski definition) is 3. The van der Waals surface area contributed by atoms with Crippen molar-refractivity contribution in [2.75, 3.05) is 19.7 Å². The van der Waals surface area contributed by atoms with E-state index in [2.05, 4.69) is 24.9 Å². The second-order valence-corrected chi connectivity index (χ2v) is 7.90. The minimum absolute atomic E-state index is 0.00932. The number of carbonyl (C=O) groups excluding carboxylic acids is 1. The van der Waals surface area contributed by atoms with Crippen molar-refractivity contribution < 1.29 is 9.53 Å². The van der Waals surface area contributed by atoms with Crippen molar-refractivity contribution in [3.05, 3.63) is 29.8 Å². The fourth-order valence-corrected chi connectivity index (χ4v) is 3.64. The Balaban J connectivity index is 2.18. The lowest BCUT2D eigenvalue weighted by Crippen LogP contribution is -2.50. The Morgan fingerprint density at radius 1 is 1.42 bits per heavy atom. The average molecular weight is 380 g/mol. The van der Waals surface area contributed by atoms with Crippen LogP contribution in [0.5, 0.6) is 5.75 Å². The molecule has 2 rings (SSSR count). The van der Waals surface area contributed by atoms with Crippen LogP contribution in [0.1, 0.15) is 39.2 Å². The lowest BCUT2D eigenvalue weighted by molar-refractivity contribution is -0.134. The van der Waals surface area contributed by atoms with E-state index in [1.807, 2.05) is 43.0 Å². The number of carbonyl (C=O) groups is 1. The Morgan fingerprint density at radius 3 is 2.77 bits per heavy atom. The molecule has 5 nitrogen and oxygen atoms in total. The quantitative estimate of drug-likeness (QED) is 0.577. The molecule has 0 aliphatic carbocycles. The zero-order valence-electron chi connectivity index (χ0n) is 16.1. The van der Waals surface area contributed by atoms with Crippen molar-refractivity contribution in [3.8, 4) is 5.75 Å². The standard InChI is InChI=1S/C20H33N3O2S/c1-4-14(3)19(21)20(24)23(13-16-10-17(26)11-22-16)12-15-8-6-7-9-18(15)25-5-2/h6-9,14,16-17,19,22,26H,4-5,10-13,21H2,1-3H3/t14?,16?,17?,19-/m0/s1. The Bertz CT molecular complexity index is 584. The number of hydrogen-bond acceptors (Lipinski definition) is 5. The highest BCUT2D eigenvalue weighted by Gasteiger charge is 2.30. The third-order valence-corrected chi connectivity index (χ3v) is 5.52. The van der Waals surface area contributed by atoms with Crippen molar-refractivity contribution in [3.63, 3.8) is 0 Å². The number of benzene rings is 1. The van der Waals surface area contributed by atoms with Crippen LogP contribution in [-0.2, 0) is 11.3 Å². The Morgan fingerprint density at radius 2 is 2.15 bits per heavy atom. The first-order chi connectivity index (χ1) is 12.5. The maximum absolute atomic E-state index is 13.1. The number of nitrogens with zero attached hydrogens (tertiary/aromatic N) is 1. The zero-order chi connectivity index (χ0) is 19.1. The maximum atomic E-state index is 13.1. The van der Waals surface area contributed by atoms with E-state index in [4.69, 9.17) is 10.5 Å². The number of nitrogens with one attached hydrogen (secondary N) is 1. The summed E-state index contributed by atoms with van der Waals surface area (Å²) in [4.78, 5) is 15.0. The fraction of sp³-hybridized carbons (Fsp3) is 0.650. The van der Waals surface area contributed by atoms with Crippen LogP contribution < -0.4 is 15.8 Å². The van der Waals surface area contributed by atoms with E-state index in [-0.39, 0.29) is 17.9 Å². The molecule has 3 unspecified atom stereocenters. The zero-order valence-corrected chi connectivity index (χ0v) is 17.0. The monoisotopic (exact) mass is 379 g/mol. The SMILES string of the molecule is CCOc1ccccc1CN(CC1CC(S)CN1)C(=O)[C@@H](N)C(C)CC. The first kappa shape index (κ1) is 21.1. The van der Waals surface area contributed by atoms with Gasteiger partial charge in [-0.2, -0.15) is 12.6 Å². The van der Waals surface area contributed by atoms with Crippen molar-refractivity contribution in [2.45, 2.75) is 57.5 Å². The van der Waals surface area contributed by atoms with E-state index in [9.17, 15) is 4.79 Å².